The number of hydrogen-bond donors (Lipinski definition) is 1. The molecule has 3 nitrogen and oxygen atoms in total. The van der Waals surface area contributed by atoms with E-state index in [1.807, 2.05) is 6.20 Å². The number of aromatic nitrogens is 2. The maximum Gasteiger partial charge on any atom is 0.0695 e. The van der Waals surface area contributed by atoms with Crippen LogP contribution in [-0.2, 0) is 6.54 Å². The molecule has 102 valence electrons. The summed E-state index contributed by atoms with van der Waals surface area (Å²) in [6.07, 6.45) is 8.54. The van der Waals surface area contributed by atoms with Crippen LogP contribution < -0.4 is 5.32 Å². The van der Waals surface area contributed by atoms with E-state index in [4.69, 9.17) is 0 Å². The first-order valence-electron chi connectivity index (χ1n) is 7.20. The van der Waals surface area contributed by atoms with E-state index in [1.165, 1.54) is 31.4 Å². The van der Waals surface area contributed by atoms with E-state index in [-0.39, 0.29) is 0 Å². The predicted molar refractivity (Wildman–Crippen MR) is 78.6 cm³/mol. The third-order valence-corrected chi connectivity index (χ3v) is 4.45. The van der Waals surface area contributed by atoms with Gasteiger partial charge in [-0.15, -0.1) is 0 Å². The third kappa shape index (κ3) is 3.15. The molecule has 0 amide bonds. The Hall–Kier alpha value is -0.350. The van der Waals surface area contributed by atoms with E-state index in [9.17, 15) is 0 Å². The van der Waals surface area contributed by atoms with Gasteiger partial charge in [-0.2, -0.15) is 5.10 Å². The van der Waals surface area contributed by atoms with Crippen LogP contribution in [0.3, 0.4) is 0 Å². The summed E-state index contributed by atoms with van der Waals surface area (Å²) in [5, 5.41) is 8.12. The molecule has 0 radical (unpaired) electrons. The molecular formula is C14H24BrN3. The normalized spacial score (nSPS) is 17.7. The highest BCUT2D eigenvalue weighted by Gasteiger charge is 2.26. The lowest BCUT2D eigenvalue weighted by Crippen LogP contribution is -2.28. The quantitative estimate of drug-likeness (QED) is 0.827. The largest absolute Gasteiger partial charge is 0.309 e. The lowest BCUT2D eigenvalue weighted by Gasteiger charge is -2.30. The smallest absolute Gasteiger partial charge is 0.0695 e. The first-order valence-corrected chi connectivity index (χ1v) is 8.00. The second kappa shape index (κ2) is 6.71. The summed E-state index contributed by atoms with van der Waals surface area (Å²) in [5.41, 5.74) is 1.34. The molecule has 1 aromatic heterocycles. The highest BCUT2D eigenvalue weighted by Crippen LogP contribution is 2.36. The van der Waals surface area contributed by atoms with Crippen LogP contribution >= 0.6 is 15.9 Å². The van der Waals surface area contributed by atoms with Gasteiger partial charge in [-0.25, -0.2) is 0 Å². The summed E-state index contributed by atoms with van der Waals surface area (Å²) in [4.78, 5) is 0. The zero-order valence-electron chi connectivity index (χ0n) is 11.5. The highest BCUT2D eigenvalue weighted by molar-refractivity contribution is 9.10. The van der Waals surface area contributed by atoms with Crippen molar-refractivity contribution in [2.75, 3.05) is 6.54 Å². The minimum atomic E-state index is 0.448. The van der Waals surface area contributed by atoms with Crippen molar-refractivity contribution in [3.05, 3.63) is 16.4 Å². The maximum atomic E-state index is 4.49. The van der Waals surface area contributed by atoms with Gasteiger partial charge in [0.15, 0.2) is 0 Å². The lowest BCUT2D eigenvalue weighted by molar-refractivity contribution is 0.256. The van der Waals surface area contributed by atoms with Crippen molar-refractivity contribution in [2.45, 2.75) is 58.5 Å². The Morgan fingerprint density at radius 2 is 2.28 bits per heavy atom. The van der Waals surface area contributed by atoms with Crippen LogP contribution in [-0.4, -0.2) is 16.3 Å². The summed E-state index contributed by atoms with van der Waals surface area (Å²) in [6, 6.07) is 0.448. The Kier molecular flexibility index (Phi) is 5.25. The van der Waals surface area contributed by atoms with Crippen molar-refractivity contribution >= 4 is 15.9 Å². The standard InChI is InChI=1S/C14H24BrN3/c1-3-8-18-14(12(15)10-17-18)13(16-4-2)9-11-6-5-7-11/h10-11,13,16H,3-9H2,1-2H3. The van der Waals surface area contributed by atoms with Gasteiger partial charge in [0.1, 0.15) is 0 Å². The summed E-state index contributed by atoms with van der Waals surface area (Å²) in [7, 11) is 0. The van der Waals surface area contributed by atoms with E-state index in [0.717, 1.165) is 29.9 Å². The molecule has 1 aromatic rings. The van der Waals surface area contributed by atoms with Crippen molar-refractivity contribution in [3.63, 3.8) is 0 Å². The highest BCUT2D eigenvalue weighted by atomic mass is 79.9. The first kappa shape index (κ1) is 14.1. The van der Waals surface area contributed by atoms with Crippen molar-refractivity contribution in [1.29, 1.82) is 0 Å². The molecule has 1 aliphatic carbocycles. The number of nitrogens with zero attached hydrogens (tertiary/aromatic N) is 2. The Balaban J connectivity index is 2.14. The number of rotatable bonds is 7. The molecule has 1 N–H and O–H groups in total. The van der Waals surface area contributed by atoms with Crippen LogP contribution in [0, 0.1) is 5.92 Å². The third-order valence-electron chi connectivity index (χ3n) is 3.84. The SMILES string of the molecule is CCCn1ncc(Br)c1C(CC1CCC1)NCC. The molecule has 1 unspecified atom stereocenters. The molecule has 2 rings (SSSR count). The molecule has 4 heteroatoms. The van der Waals surface area contributed by atoms with Crippen LogP contribution in [0.2, 0.25) is 0 Å². The van der Waals surface area contributed by atoms with Gasteiger partial charge in [-0.3, -0.25) is 4.68 Å². The van der Waals surface area contributed by atoms with Crippen LogP contribution in [0.1, 0.15) is 57.7 Å². The van der Waals surface area contributed by atoms with Crippen LogP contribution in [0.5, 0.6) is 0 Å². The summed E-state index contributed by atoms with van der Waals surface area (Å²) in [6.45, 7) is 6.41. The second-order valence-corrected chi connectivity index (χ2v) is 6.10. The van der Waals surface area contributed by atoms with E-state index >= 15 is 0 Å². The molecule has 0 aliphatic heterocycles. The summed E-state index contributed by atoms with van der Waals surface area (Å²) < 4.78 is 3.32. The topological polar surface area (TPSA) is 29.9 Å². The Labute approximate surface area is 118 Å². The molecule has 18 heavy (non-hydrogen) atoms. The zero-order chi connectivity index (χ0) is 13.0. The zero-order valence-corrected chi connectivity index (χ0v) is 13.0. The molecular weight excluding hydrogens is 290 g/mol. The lowest BCUT2D eigenvalue weighted by atomic mass is 9.80. The molecule has 0 aromatic carbocycles. The fourth-order valence-electron chi connectivity index (χ4n) is 2.71. The van der Waals surface area contributed by atoms with Gasteiger partial charge in [-0.1, -0.05) is 33.1 Å². The molecule has 1 aliphatic rings. The average molecular weight is 314 g/mol. The van der Waals surface area contributed by atoms with E-state index < -0.39 is 0 Å². The van der Waals surface area contributed by atoms with Crippen LogP contribution in [0.25, 0.3) is 0 Å². The fraction of sp³-hybridized carbons (Fsp3) is 0.786. The monoisotopic (exact) mass is 313 g/mol. The van der Waals surface area contributed by atoms with E-state index in [2.05, 4.69) is 44.9 Å². The van der Waals surface area contributed by atoms with Gasteiger partial charge >= 0.3 is 0 Å². The molecule has 1 saturated carbocycles. The maximum absolute atomic E-state index is 4.49. The summed E-state index contributed by atoms with van der Waals surface area (Å²) >= 11 is 3.66. The van der Waals surface area contributed by atoms with Gasteiger partial charge < -0.3 is 5.32 Å². The molecule has 1 atom stereocenters. The van der Waals surface area contributed by atoms with Crippen molar-refractivity contribution < 1.29 is 0 Å². The molecule has 1 fully saturated rings. The number of hydrogen-bond acceptors (Lipinski definition) is 2. The van der Waals surface area contributed by atoms with Crippen molar-refractivity contribution in [1.82, 2.24) is 15.1 Å². The molecule has 1 heterocycles. The van der Waals surface area contributed by atoms with Crippen LogP contribution in [0.4, 0.5) is 0 Å². The van der Waals surface area contributed by atoms with E-state index in [1.54, 1.807) is 0 Å². The van der Waals surface area contributed by atoms with Gasteiger partial charge in [-0.05, 0) is 41.2 Å². The summed E-state index contributed by atoms with van der Waals surface area (Å²) in [5.74, 6) is 0.908. The average Bonchev–Trinajstić information content (AvgIpc) is 2.64. The predicted octanol–water partition coefficient (Wildman–Crippen LogP) is 3.90. The Morgan fingerprint density at radius 3 is 2.83 bits per heavy atom. The van der Waals surface area contributed by atoms with Gasteiger partial charge in [0.05, 0.1) is 22.4 Å². The molecule has 0 bridgehead atoms. The molecule has 0 spiro atoms. The van der Waals surface area contributed by atoms with E-state index in [0.29, 0.717) is 6.04 Å². The minimum absolute atomic E-state index is 0.448. The number of halogens is 1. The van der Waals surface area contributed by atoms with Crippen molar-refractivity contribution in [3.8, 4) is 0 Å². The second-order valence-electron chi connectivity index (χ2n) is 5.24. The number of nitrogens with one attached hydrogen (secondary N) is 1. The van der Waals surface area contributed by atoms with Gasteiger partial charge in [0.2, 0.25) is 0 Å². The minimum Gasteiger partial charge on any atom is -0.309 e. The van der Waals surface area contributed by atoms with Gasteiger partial charge in [0, 0.05) is 6.54 Å². The Morgan fingerprint density at radius 1 is 1.50 bits per heavy atom. The fourth-order valence-corrected chi connectivity index (χ4v) is 3.28. The van der Waals surface area contributed by atoms with Crippen molar-refractivity contribution in [2.24, 2.45) is 5.92 Å². The number of aryl methyl sites for hydroxylation is 1. The molecule has 0 saturated heterocycles. The van der Waals surface area contributed by atoms with Crippen LogP contribution in [0.15, 0.2) is 10.7 Å². The first-order chi connectivity index (χ1) is 8.76. The van der Waals surface area contributed by atoms with Gasteiger partial charge in [0.25, 0.3) is 0 Å². The Bertz CT molecular complexity index is 371.